The summed E-state index contributed by atoms with van der Waals surface area (Å²) < 4.78 is 41.6. The van der Waals surface area contributed by atoms with Crippen LogP contribution in [0.3, 0.4) is 0 Å². The monoisotopic (exact) mass is 545 g/mol. The number of methoxy groups -OCH3 is 1. The summed E-state index contributed by atoms with van der Waals surface area (Å²) in [6, 6.07) is 5.73. The summed E-state index contributed by atoms with van der Waals surface area (Å²) in [5, 5.41) is -0.545. The molecule has 38 heavy (non-hydrogen) atoms. The van der Waals surface area contributed by atoms with Crippen molar-refractivity contribution in [2.75, 3.05) is 83.5 Å². The average Bonchev–Trinajstić information content (AvgIpc) is 3.54. The van der Waals surface area contributed by atoms with Gasteiger partial charge in [0, 0.05) is 39.3 Å². The number of imidazole rings is 1. The smallest absolute Gasteiger partial charge is 0.242 e. The highest BCUT2D eigenvalue weighted by Gasteiger charge is 2.35. The van der Waals surface area contributed by atoms with Gasteiger partial charge in [-0.15, -0.1) is 0 Å². The third-order valence-corrected chi connectivity index (χ3v) is 8.73. The van der Waals surface area contributed by atoms with E-state index >= 15 is 0 Å². The van der Waals surface area contributed by atoms with Crippen LogP contribution in [0.1, 0.15) is 12.2 Å². The molecule has 1 aromatic carbocycles. The van der Waals surface area contributed by atoms with Crippen molar-refractivity contribution in [1.29, 1.82) is 0 Å². The van der Waals surface area contributed by atoms with Crippen molar-refractivity contribution < 1.29 is 17.9 Å². The van der Waals surface area contributed by atoms with Gasteiger partial charge in [-0.3, -0.25) is 4.57 Å². The number of nitrogens with one attached hydrogen (secondary N) is 1. The molecule has 206 valence electrons. The van der Waals surface area contributed by atoms with Crippen LogP contribution in [-0.2, 0) is 14.8 Å². The van der Waals surface area contributed by atoms with Crippen LogP contribution in [0.15, 0.2) is 18.2 Å². The van der Waals surface area contributed by atoms with Crippen LogP contribution in [0, 0.1) is 6.92 Å². The Morgan fingerprint density at radius 3 is 2.47 bits per heavy atom. The summed E-state index contributed by atoms with van der Waals surface area (Å²) in [7, 11) is 1.98. The molecule has 0 aliphatic carbocycles. The Kier molecular flexibility index (Phi) is 7.66. The highest BCUT2D eigenvalue weighted by Crippen LogP contribution is 2.29. The minimum Gasteiger partial charge on any atom is -0.494 e. The number of benzene rings is 1. The molecular weight excluding hydrogens is 510 g/mol. The van der Waals surface area contributed by atoms with Gasteiger partial charge in [0.2, 0.25) is 27.9 Å². The van der Waals surface area contributed by atoms with Gasteiger partial charge in [-0.2, -0.15) is 15.0 Å². The molecule has 0 spiro atoms. The second kappa shape index (κ2) is 11.0. The van der Waals surface area contributed by atoms with Crippen molar-refractivity contribution in [3.8, 4) is 11.7 Å². The Labute approximate surface area is 222 Å². The number of rotatable bonds is 9. The molecule has 3 aromatic rings. The Balaban J connectivity index is 1.50. The molecule has 0 radical (unpaired) electrons. The molecule has 5 rings (SSSR count). The number of sulfonamides is 1. The Morgan fingerprint density at radius 1 is 1.05 bits per heavy atom. The Bertz CT molecular complexity index is 1390. The van der Waals surface area contributed by atoms with Gasteiger partial charge in [0.15, 0.2) is 0 Å². The fraction of sp³-hybridized carbons (Fsp3) is 0.583. The highest BCUT2D eigenvalue weighted by atomic mass is 32.2. The summed E-state index contributed by atoms with van der Waals surface area (Å²) in [4.78, 5) is 25.1. The zero-order valence-electron chi connectivity index (χ0n) is 22.3. The third kappa shape index (κ3) is 5.39. The van der Waals surface area contributed by atoms with Crippen LogP contribution >= 0.6 is 0 Å². The zero-order chi connectivity index (χ0) is 26.9. The van der Waals surface area contributed by atoms with E-state index in [2.05, 4.69) is 9.62 Å². The second-order valence-electron chi connectivity index (χ2n) is 9.76. The SMILES string of the molecule is COc1cccc2c1nc(C)n2-c1nc(N2CCOCC2)nc(N2CCC(S(=O)(=O)NCCN(C)C)C2)n1. The number of aromatic nitrogens is 5. The molecule has 0 bridgehead atoms. The van der Waals surface area contributed by atoms with Crippen molar-refractivity contribution in [1.82, 2.24) is 34.1 Å². The molecule has 2 fully saturated rings. The van der Waals surface area contributed by atoms with E-state index in [0.29, 0.717) is 88.3 Å². The lowest BCUT2D eigenvalue weighted by atomic mass is 10.3. The van der Waals surface area contributed by atoms with Crippen molar-refractivity contribution in [2.24, 2.45) is 0 Å². The zero-order valence-corrected chi connectivity index (χ0v) is 23.1. The second-order valence-corrected chi connectivity index (χ2v) is 11.8. The topological polar surface area (TPSA) is 131 Å². The molecule has 0 saturated carbocycles. The lowest BCUT2D eigenvalue weighted by Crippen LogP contribution is -2.40. The van der Waals surface area contributed by atoms with E-state index in [0.717, 1.165) is 11.0 Å². The van der Waals surface area contributed by atoms with Crippen molar-refractivity contribution >= 4 is 33.0 Å². The van der Waals surface area contributed by atoms with Crippen LogP contribution in [-0.4, -0.2) is 117 Å². The van der Waals surface area contributed by atoms with E-state index in [1.54, 1.807) is 7.11 Å². The largest absolute Gasteiger partial charge is 0.494 e. The van der Waals surface area contributed by atoms with Crippen LogP contribution < -0.4 is 19.3 Å². The first-order chi connectivity index (χ1) is 18.3. The van der Waals surface area contributed by atoms with E-state index in [1.165, 1.54) is 0 Å². The average molecular weight is 546 g/mol. The summed E-state index contributed by atoms with van der Waals surface area (Å²) >= 11 is 0. The van der Waals surface area contributed by atoms with Crippen molar-refractivity contribution in [3.05, 3.63) is 24.0 Å². The standard InChI is InChI=1S/C24H35N9O4S/c1-17-26-21-19(6-5-7-20(21)36-4)33(17)24-28-22(31-12-14-37-15-13-31)27-23(29-24)32-10-8-18(16-32)38(34,35)25-9-11-30(2)3/h5-7,18,25H,8-16H2,1-4H3. The fourth-order valence-electron chi connectivity index (χ4n) is 4.79. The maximum Gasteiger partial charge on any atom is 0.242 e. The highest BCUT2D eigenvalue weighted by molar-refractivity contribution is 7.90. The molecule has 1 atom stereocenters. The van der Waals surface area contributed by atoms with Gasteiger partial charge in [-0.1, -0.05) is 6.07 Å². The lowest BCUT2D eigenvalue weighted by molar-refractivity contribution is 0.122. The molecular formula is C24H35N9O4S. The Morgan fingerprint density at radius 2 is 1.76 bits per heavy atom. The molecule has 14 heteroatoms. The van der Waals surface area contributed by atoms with Crippen LogP contribution in [0.25, 0.3) is 17.0 Å². The summed E-state index contributed by atoms with van der Waals surface area (Å²) in [6.07, 6.45) is 0.495. The van der Waals surface area contributed by atoms with Gasteiger partial charge in [-0.25, -0.2) is 18.1 Å². The van der Waals surface area contributed by atoms with Crippen LogP contribution in [0.5, 0.6) is 5.75 Å². The molecule has 4 heterocycles. The van der Waals surface area contributed by atoms with Crippen LogP contribution in [0.4, 0.5) is 11.9 Å². The van der Waals surface area contributed by atoms with E-state index in [-0.39, 0.29) is 0 Å². The van der Waals surface area contributed by atoms with Crippen LogP contribution in [0.2, 0.25) is 0 Å². The van der Waals surface area contributed by atoms with Gasteiger partial charge in [-0.05, 0) is 39.6 Å². The molecule has 2 aliphatic heterocycles. The molecule has 1 unspecified atom stereocenters. The minimum atomic E-state index is -3.47. The number of anilines is 2. The molecule has 2 aliphatic rings. The quantitative estimate of drug-likeness (QED) is 0.401. The maximum absolute atomic E-state index is 13.0. The number of ether oxygens (including phenoxy) is 2. The lowest BCUT2D eigenvalue weighted by Gasteiger charge is -2.28. The molecule has 2 aromatic heterocycles. The molecule has 1 N–H and O–H groups in total. The fourth-order valence-corrected chi connectivity index (χ4v) is 6.19. The van der Waals surface area contributed by atoms with Crippen molar-refractivity contribution in [2.45, 2.75) is 18.6 Å². The molecule has 2 saturated heterocycles. The predicted molar refractivity (Wildman–Crippen MR) is 145 cm³/mol. The molecule has 0 amide bonds. The maximum atomic E-state index is 13.0. The van der Waals surface area contributed by atoms with Gasteiger partial charge >= 0.3 is 0 Å². The minimum absolute atomic E-state index is 0.306. The van der Waals surface area contributed by atoms with E-state index in [4.69, 9.17) is 29.4 Å². The van der Waals surface area contributed by atoms with Gasteiger partial charge < -0.3 is 24.2 Å². The number of hydrogen-bond acceptors (Lipinski definition) is 11. The Hall–Kier alpha value is -3.07. The van der Waals surface area contributed by atoms with Gasteiger partial charge in [0.1, 0.15) is 17.1 Å². The number of likely N-dealkylation sites (N-methyl/N-ethyl adjacent to an activating group) is 1. The summed E-state index contributed by atoms with van der Waals surface area (Å²) in [5.41, 5.74) is 1.54. The first kappa shape index (κ1) is 26.5. The van der Waals surface area contributed by atoms with Crippen molar-refractivity contribution in [3.63, 3.8) is 0 Å². The number of fused-ring (bicyclic) bond motifs is 1. The number of para-hydroxylation sites is 1. The summed E-state index contributed by atoms with van der Waals surface area (Å²) in [6.45, 7) is 6.24. The third-order valence-electron chi connectivity index (χ3n) is 6.86. The number of nitrogens with zero attached hydrogens (tertiary/aromatic N) is 8. The summed E-state index contributed by atoms with van der Waals surface area (Å²) in [5.74, 6) is 2.79. The molecule has 13 nitrogen and oxygen atoms in total. The van der Waals surface area contributed by atoms with Gasteiger partial charge in [0.25, 0.3) is 0 Å². The number of aryl methyl sites for hydroxylation is 1. The predicted octanol–water partition coefficient (Wildman–Crippen LogP) is 0.424. The van der Waals surface area contributed by atoms with E-state index < -0.39 is 15.3 Å². The van der Waals surface area contributed by atoms with E-state index in [1.807, 2.05) is 53.6 Å². The van der Waals surface area contributed by atoms with Gasteiger partial charge in [0.05, 0.1) is 31.1 Å². The van der Waals surface area contributed by atoms with E-state index in [9.17, 15) is 8.42 Å². The first-order valence-corrected chi connectivity index (χ1v) is 14.3. The number of morpholine rings is 1. The normalized spacial score (nSPS) is 18.6. The first-order valence-electron chi connectivity index (χ1n) is 12.8. The number of hydrogen-bond donors (Lipinski definition) is 1.